The number of nitrogens with zero attached hydrogens (tertiary/aromatic N) is 3. The van der Waals surface area contributed by atoms with Crippen molar-refractivity contribution in [2.75, 3.05) is 0 Å². The van der Waals surface area contributed by atoms with Crippen LogP contribution in [0.25, 0.3) is 61.1 Å². The Balaban J connectivity index is 0.000000217. The average Bonchev–Trinajstić information content (AvgIpc) is 3.62. The Bertz CT molecular complexity index is 3060. The van der Waals surface area contributed by atoms with Gasteiger partial charge in [-0.15, -0.1) is 59.2 Å². The molecule has 307 valence electrons. The van der Waals surface area contributed by atoms with Crippen molar-refractivity contribution in [3.63, 3.8) is 0 Å². The molecule has 5 heteroatoms. The molecule has 0 saturated heterocycles. The van der Waals surface area contributed by atoms with Gasteiger partial charge in [0.15, 0.2) is 0 Å². The number of aryl methyl sites for hydroxylation is 1. The maximum Gasteiger partial charge on any atom is 0.0799 e. The van der Waals surface area contributed by atoms with E-state index in [2.05, 4.69) is 189 Å². The molecule has 61 heavy (non-hydrogen) atoms. The number of fused-ring (bicyclic) bond motifs is 3. The molecule has 3 nitrogen and oxygen atoms in total. The maximum absolute atomic E-state index is 8.48. The zero-order chi connectivity index (χ0) is 45.4. The Morgan fingerprint density at radius 3 is 1.95 bits per heavy atom. The van der Waals surface area contributed by atoms with Crippen LogP contribution in [0.15, 0.2) is 170 Å². The van der Waals surface area contributed by atoms with Crippen LogP contribution >= 0.6 is 0 Å². The summed E-state index contributed by atoms with van der Waals surface area (Å²) in [5.74, 6) is -0.716. The molecule has 9 rings (SSSR count). The normalized spacial score (nSPS) is 13.0. The summed E-state index contributed by atoms with van der Waals surface area (Å²) >= 11 is 0. The van der Waals surface area contributed by atoms with Crippen LogP contribution in [0.1, 0.15) is 61.3 Å². The molecule has 0 bridgehead atoms. The van der Waals surface area contributed by atoms with E-state index in [4.69, 9.17) is 10.5 Å². The Morgan fingerprint density at radius 2 is 1.30 bits per heavy atom. The van der Waals surface area contributed by atoms with Crippen LogP contribution < -0.4 is 5.19 Å². The number of aromatic nitrogens is 3. The van der Waals surface area contributed by atoms with Gasteiger partial charge in [-0.2, -0.15) is 0 Å². The third kappa shape index (κ3) is 9.16. The maximum atomic E-state index is 8.48. The van der Waals surface area contributed by atoms with E-state index in [0.29, 0.717) is 0 Å². The number of hydrogen-bond acceptors (Lipinski definition) is 2. The van der Waals surface area contributed by atoms with Crippen LogP contribution in [0.5, 0.6) is 0 Å². The largest absolute Gasteiger partial charge is 0.351 e. The monoisotopic (exact) mass is 992 g/mol. The predicted molar refractivity (Wildman–Crippen MR) is 257 cm³/mol. The molecular formula is C56H53IrN3Si-2. The van der Waals surface area contributed by atoms with Gasteiger partial charge in [-0.25, -0.2) is 0 Å². The molecule has 0 unspecified atom stereocenters. The first kappa shape index (κ1) is 38.2. The summed E-state index contributed by atoms with van der Waals surface area (Å²) in [6.07, 6.45) is 3.81. The van der Waals surface area contributed by atoms with E-state index in [9.17, 15) is 0 Å². The van der Waals surface area contributed by atoms with Crippen LogP contribution in [0.3, 0.4) is 0 Å². The second-order valence-electron chi connectivity index (χ2n) is 17.2. The van der Waals surface area contributed by atoms with Gasteiger partial charge in [-0.05, 0) is 86.0 Å². The van der Waals surface area contributed by atoms with E-state index >= 15 is 0 Å². The molecule has 0 fully saturated rings. The molecule has 0 atom stereocenters. The van der Waals surface area contributed by atoms with Crippen molar-refractivity contribution >= 4 is 35.1 Å². The summed E-state index contributed by atoms with van der Waals surface area (Å²) in [5.41, 5.74) is 12.9. The summed E-state index contributed by atoms with van der Waals surface area (Å²) in [7, 11) is -1.61. The van der Waals surface area contributed by atoms with E-state index in [1.54, 1.807) is 12.1 Å². The van der Waals surface area contributed by atoms with Gasteiger partial charge < -0.3 is 14.5 Å². The van der Waals surface area contributed by atoms with Gasteiger partial charge >= 0.3 is 0 Å². The molecule has 0 saturated carbocycles. The molecule has 0 aliphatic rings. The molecular weight excluding hydrogens is 935 g/mol. The zero-order valence-electron chi connectivity index (χ0n) is 39.8. The van der Waals surface area contributed by atoms with Crippen molar-refractivity contribution in [2.45, 2.75) is 65.5 Å². The minimum atomic E-state index is -2.13. The number of benzene rings is 6. The summed E-state index contributed by atoms with van der Waals surface area (Å²) in [6.45, 7) is 12.9. The standard InChI is InChI=1S/C38H29N2.C18H24NSi.Ir/c1-38(2,30-14-8-4-9-15-30)31-22-23-39-35(26-31)29-19-21-37-34(25-29)33-24-28(27-12-6-3-7-13-27)18-20-36(33)40(37)32-16-10-5-11-17-32;1-13(2)16-11-17(15-9-7-14(3)8-10-15)19-12-18(16)20(4,5)6;/h3-18,20-26H,1-2H3;7-9,11-13H,1-6H3;/q2*-1;/i;3D3,13D;. The fourth-order valence-electron chi connectivity index (χ4n) is 7.96. The first-order chi connectivity index (χ1) is 30.4. The summed E-state index contributed by atoms with van der Waals surface area (Å²) in [6, 6.07) is 60.7. The number of rotatable bonds is 8. The average molecular weight is 992 g/mol. The summed E-state index contributed by atoms with van der Waals surface area (Å²) < 4.78 is 33.1. The molecule has 0 amide bonds. The van der Waals surface area contributed by atoms with Crippen molar-refractivity contribution in [2.24, 2.45) is 0 Å². The third-order valence-electron chi connectivity index (χ3n) is 11.4. The van der Waals surface area contributed by atoms with E-state index in [0.717, 1.165) is 39.3 Å². The van der Waals surface area contributed by atoms with Crippen molar-refractivity contribution in [3.05, 3.63) is 205 Å². The van der Waals surface area contributed by atoms with Gasteiger partial charge in [0, 0.05) is 54.6 Å². The molecule has 1 radical (unpaired) electrons. The van der Waals surface area contributed by atoms with Gasteiger partial charge in [0.25, 0.3) is 0 Å². The van der Waals surface area contributed by atoms with Gasteiger partial charge in [-0.3, -0.25) is 0 Å². The molecule has 0 spiro atoms. The Labute approximate surface area is 382 Å². The molecule has 3 aromatic heterocycles. The van der Waals surface area contributed by atoms with Gasteiger partial charge in [0.05, 0.1) is 8.07 Å². The first-order valence-corrected chi connectivity index (χ1v) is 24.1. The fraction of sp³-hybridized carbons (Fsp3) is 0.179. The van der Waals surface area contributed by atoms with Crippen molar-refractivity contribution < 1.29 is 25.6 Å². The molecule has 6 aromatic carbocycles. The van der Waals surface area contributed by atoms with Crippen LogP contribution in [-0.4, -0.2) is 22.6 Å². The molecule has 9 aromatic rings. The molecule has 0 aliphatic carbocycles. The summed E-state index contributed by atoms with van der Waals surface area (Å²) in [5, 5.41) is 3.60. The van der Waals surface area contributed by atoms with Crippen molar-refractivity contribution in [3.8, 4) is 39.3 Å². The second kappa shape index (κ2) is 18.1. The van der Waals surface area contributed by atoms with Gasteiger partial charge in [-0.1, -0.05) is 162 Å². The van der Waals surface area contributed by atoms with Crippen LogP contribution in [0.4, 0.5) is 0 Å². The van der Waals surface area contributed by atoms with E-state index < -0.39 is 20.8 Å². The second-order valence-corrected chi connectivity index (χ2v) is 22.2. The van der Waals surface area contributed by atoms with Crippen LogP contribution in [-0.2, 0) is 25.5 Å². The van der Waals surface area contributed by atoms with Gasteiger partial charge in [0.2, 0.25) is 0 Å². The number of pyridine rings is 2. The van der Waals surface area contributed by atoms with Crippen molar-refractivity contribution in [1.29, 1.82) is 0 Å². The topological polar surface area (TPSA) is 30.7 Å². The fourth-order valence-corrected chi connectivity index (χ4v) is 9.54. The van der Waals surface area contributed by atoms with Gasteiger partial charge in [0.1, 0.15) is 0 Å². The molecule has 0 aliphatic heterocycles. The minimum absolute atomic E-state index is 0. The van der Waals surface area contributed by atoms with Crippen LogP contribution in [0.2, 0.25) is 19.6 Å². The van der Waals surface area contributed by atoms with Crippen molar-refractivity contribution in [1.82, 2.24) is 14.5 Å². The molecule has 3 heterocycles. The smallest absolute Gasteiger partial charge is 0.0799 e. The minimum Gasteiger partial charge on any atom is -0.351 e. The zero-order valence-corrected chi connectivity index (χ0v) is 39.2. The summed E-state index contributed by atoms with van der Waals surface area (Å²) in [4.78, 5) is 9.36. The Morgan fingerprint density at radius 1 is 0.639 bits per heavy atom. The Hall–Kier alpha value is -5.71. The Kier molecular flexibility index (Phi) is 11.3. The predicted octanol–water partition coefficient (Wildman–Crippen LogP) is 14.2. The number of para-hydroxylation sites is 1. The van der Waals surface area contributed by atoms with E-state index in [-0.39, 0.29) is 31.1 Å². The quantitative estimate of drug-likeness (QED) is 0.112. The van der Waals surface area contributed by atoms with E-state index in [1.807, 2.05) is 32.3 Å². The van der Waals surface area contributed by atoms with Crippen LogP contribution in [0, 0.1) is 19.0 Å². The third-order valence-corrected chi connectivity index (χ3v) is 13.4. The number of hydrogen-bond donors (Lipinski definition) is 0. The van der Waals surface area contributed by atoms with E-state index in [1.165, 1.54) is 49.8 Å². The SMILES string of the molecule is CC(C)(c1ccccc1)c1ccnc(-c2[c-]cc3c(c2)c2cc(-c4ccccc4)ccc2n3-c2ccccc2)c1.[2H]C([2H])([2H])c1c[c-]c(-c2cc(C([2H])(C)C)c([Si](C)(C)C)cn2)cc1.[Ir]. The molecule has 0 N–H and O–H groups in total. The first-order valence-electron chi connectivity index (χ1n) is 22.6.